The molecule has 5 nitrogen and oxygen atoms in total. The summed E-state index contributed by atoms with van der Waals surface area (Å²) in [7, 11) is 1.72. The number of pyridine rings is 1. The Balaban J connectivity index is 2.32. The van der Waals surface area contributed by atoms with Crippen LogP contribution in [0.15, 0.2) is 35.5 Å². The van der Waals surface area contributed by atoms with E-state index in [2.05, 4.69) is 22.2 Å². The van der Waals surface area contributed by atoms with Gasteiger partial charge < -0.3 is 9.88 Å². The average Bonchev–Trinajstić information content (AvgIpc) is 2.40. The number of nitrogens with zero attached hydrogens (tertiary/aromatic N) is 3. The fourth-order valence-corrected chi connectivity index (χ4v) is 1.57. The number of anilines is 1. The molecule has 0 radical (unpaired) electrons. The van der Waals surface area contributed by atoms with E-state index >= 15 is 0 Å². The molecule has 0 aliphatic rings. The molecule has 0 aromatic carbocycles. The smallest absolute Gasteiger partial charge is 0.250 e. The van der Waals surface area contributed by atoms with E-state index in [1.165, 1.54) is 10.9 Å². The van der Waals surface area contributed by atoms with E-state index in [0.29, 0.717) is 0 Å². The zero-order valence-corrected chi connectivity index (χ0v) is 10.6. The zero-order valence-electron chi connectivity index (χ0n) is 10.6. The highest BCUT2D eigenvalue weighted by atomic mass is 16.1. The van der Waals surface area contributed by atoms with Crippen molar-refractivity contribution in [1.29, 1.82) is 0 Å². The molecular formula is C13H16N4O. The molecule has 2 rings (SSSR count). The summed E-state index contributed by atoms with van der Waals surface area (Å²) in [4.78, 5) is 19.9. The Morgan fingerprint density at radius 2 is 2.17 bits per heavy atom. The molecule has 0 aliphatic carbocycles. The van der Waals surface area contributed by atoms with Gasteiger partial charge in [0.2, 0.25) is 0 Å². The second-order valence-corrected chi connectivity index (χ2v) is 4.08. The van der Waals surface area contributed by atoms with E-state index in [4.69, 9.17) is 0 Å². The molecule has 0 amide bonds. The minimum Gasteiger partial charge on any atom is -0.370 e. The summed E-state index contributed by atoms with van der Waals surface area (Å²) in [6, 6.07) is 5.30. The maximum absolute atomic E-state index is 11.6. The Labute approximate surface area is 106 Å². The van der Waals surface area contributed by atoms with E-state index in [-0.39, 0.29) is 5.56 Å². The van der Waals surface area contributed by atoms with Crippen molar-refractivity contribution in [2.45, 2.75) is 13.3 Å². The van der Waals surface area contributed by atoms with Gasteiger partial charge in [-0.25, -0.2) is 9.97 Å². The summed E-state index contributed by atoms with van der Waals surface area (Å²) in [5.74, 6) is 0.780. The highest BCUT2D eigenvalue weighted by Crippen LogP contribution is 2.16. The molecule has 2 aromatic rings. The lowest BCUT2D eigenvalue weighted by molar-refractivity contribution is 0.861. The fraction of sp³-hybridized carbons (Fsp3) is 0.308. The predicted octanol–water partition coefficient (Wildman–Crippen LogP) is 1.66. The van der Waals surface area contributed by atoms with Gasteiger partial charge in [-0.1, -0.05) is 6.92 Å². The number of hydrogen-bond donors (Lipinski definition) is 1. The maximum atomic E-state index is 11.6. The molecule has 0 fully saturated rings. The second-order valence-electron chi connectivity index (χ2n) is 4.08. The largest absolute Gasteiger partial charge is 0.370 e. The monoisotopic (exact) mass is 244 g/mol. The second kappa shape index (κ2) is 5.44. The van der Waals surface area contributed by atoms with Gasteiger partial charge in [-0.3, -0.25) is 4.79 Å². The summed E-state index contributed by atoms with van der Waals surface area (Å²) in [6.07, 6.45) is 4.27. The van der Waals surface area contributed by atoms with Gasteiger partial charge in [0.05, 0.1) is 5.69 Å². The maximum Gasteiger partial charge on any atom is 0.250 e. The van der Waals surface area contributed by atoms with Gasteiger partial charge in [0, 0.05) is 37.5 Å². The summed E-state index contributed by atoms with van der Waals surface area (Å²) in [6.45, 7) is 2.96. The summed E-state index contributed by atoms with van der Waals surface area (Å²) < 4.78 is 1.53. The van der Waals surface area contributed by atoms with Crippen molar-refractivity contribution in [2.24, 2.45) is 7.05 Å². The lowest BCUT2D eigenvalue weighted by Gasteiger charge is -2.06. The molecule has 2 heterocycles. The van der Waals surface area contributed by atoms with Gasteiger partial charge in [0.25, 0.3) is 5.56 Å². The van der Waals surface area contributed by atoms with Gasteiger partial charge in [0.1, 0.15) is 12.1 Å². The quantitative estimate of drug-likeness (QED) is 0.888. The van der Waals surface area contributed by atoms with Crippen molar-refractivity contribution in [1.82, 2.24) is 14.5 Å². The molecule has 18 heavy (non-hydrogen) atoms. The van der Waals surface area contributed by atoms with Crippen LogP contribution in [-0.2, 0) is 7.05 Å². The minimum absolute atomic E-state index is 0.0471. The first-order valence-corrected chi connectivity index (χ1v) is 5.93. The first-order valence-electron chi connectivity index (χ1n) is 5.93. The highest BCUT2D eigenvalue weighted by Gasteiger charge is 2.03. The molecule has 0 saturated carbocycles. The molecule has 0 aliphatic heterocycles. The standard InChI is InChI=1S/C13H16N4O/c1-3-5-14-12-8-11(15-9-16-12)10-4-6-17(2)13(18)7-10/h4,6-9H,3,5H2,1-2H3,(H,14,15,16). The van der Waals surface area contributed by atoms with E-state index < -0.39 is 0 Å². The van der Waals surface area contributed by atoms with Gasteiger partial charge in [-0.2, -0.15) is 0 Å². The molecule has 2 aromatic heterocycles. The van der Waals surface area contributed by atoms with E-state index in [1.54, 1.807) is 19.3 Å². The van der Waals surface area contributed by atoms with Gasteiger partial charge in [-0.15, -0.1) is 0 Å². The Bertz CT molecular complexity index is 592. The highest BCUT2D eigenvalue weighted by molar-refractivity contribution is 5.61. The molecule has 0 unspecified atom stereocenters. The predicted molar refractivity (Wildman–Crippen MR) is 71.5 cm³/mol. The van der Waals surface area contributed by atoms with E-state index in [9.17, 15) is 4.79 Å². The molecule has 1 N–H and O–H groups in total. The fourth-order valence-electron chi connectivity index (χ4n) is 1.57. The number of aryl methyl sites for hydroxylation is 1. The van der Waals surface area contributed by atoms with Gasteiger partial charge in [0.15, 0.2) is 0 Å². The SMILES string of the molecule is CCCNc1cc(-c2ccn(C)c(=O)c2)ncn1. The summed E-state index contributed by atoms with van der Waals surface area (Å²) >= 11 is 0. The molecular weight excluding hydrogens is 228 g/mol. The van der Waals surface area contributed by atoms with Crippen LogP contribution in [0.2, 0.25) is 0 Å². The number of aromatic nitrogens is 3. The van der Waals surface area contributed by atoms with Crippen LogP contribution in [0, 0.1) is 0 Å². The van der Waals surface area contributed by atoms with Crippen molar-refractivity contribution in [3.8, 4) is 11.3 Å². The molecule has 0 bridgehead atoms. The molecule has 5 heteroatoms. The zero-order chi connectivity index (χ0) is 13.0. The van der Waals surface area contributed by atoms with Crippen LogP contribution in [0.4, 0.5) is 5.82 Å². The lowest BCUT2D eigenvalue weighted by atomic mass is 10.2. The van der Waals surface area contributed by atoms with Crippen LogP contribution in [-0.4, -0.2) is 21.1 Å². The Hall–Kier alpha value is -2.17. The third-order valence-electron chi connectivity index (χ3n) is 2.62. The summed E-state index contributed by atoms with van der Waals surface area (Å²) in [5, 5.41) is 3.20. The minimum atomic E-state index is -0.0471. The Morgan fingerprint density at radius 1 is 1.33 bits per heavy atom. The first-order chi connectivity index (χ1) is 8.70. The van der Waals surface area contributed by atoms with Crippen molar-refractivity contribution >= 4 is 5.82 Å². The van der Waals surface area contributed by atoms with Crippen LogP contribution in [0.3, 0.4) is 0 Å². The van der Waals surface area contributed by atoms with Crippen molar-refractivity contribution in [3.05, 3.63) is 41.1 Å². The van der Waals surface area contributed by atoms with Gasteiger partial charge >= 0.3 is 0 Å². The molecule has 0 saturated heterocycles. The van der Waals surface area contributed by atoms with Crippen LogP contribution >= 0.6 is 0 Å². The van der Waals surface area contributed by atoms with Crippen LogP contribution < -0.4 is 10.9 Å². The average molecular weight is 244 g/mol. The van der Waals surface area contributed by atoms with E-state index in [1.807, 2.05) is 12.1 Å². The van der Waals surface area contributed by atoms with Crippen LogP contribution in [0.5, 0.6) is 0 Å². The van der Waals surface area contributed by atoms with Crippen molar-refractivity contribution in [3.63, 3.8) is 0 Å². The van der Waals surface area contributed by atoms with Crippen LogP contribution in [0.1, 0.15) is 13.3 Å². The third kappa shape index (κ3) is 2.74. The number of rotatable bonds is 4. The normalized spacial score (nSPS) is 10.3. The molecule has 0 atom stereocenters. The lowest BCUT2D eigenvalue weighted by Crippen LogP contribution is -2.14. The van der Waals surface area contributed by atoms with Crippen molar-refractivity contribution < 1.29 is 0 Å². The van der Waals surface area contributed by atoms with Gasteiger partial charge in [-0.05, 0) is 12.5 Å². The Morgan fingerprint density at radius 3 is 2.89 bits per heavy atom. The Kier molecular flexibility index (Phi) is 3.72. The number of nitrogens with one attached hydrogen (secondary N) is 1. The third-order valence-corrected chi connectivity index (χ3v) is 2.62. The summed E-state index contributed by atoms with van der Waals surface area (Å²) in [5.41, 5.74) is 1.51. The topological polar surface area (TPSA) is 59.8 Å². The first kappa shape index (κ1) is 12.3. The van der Waals surface area contributed by atoms with Crippen LogP contribution in [0.25, 0.3) is 11.3 Å². The molecule has 0 spiro atoms. The molecule has 94 valence electrons. The number of hydrogen-bond acceptors (Lipinski definition) is 4. The van der Waals surface area contributed by atoms with E-state index in [0.717, 1.165) is 30.0 Å². The van der Waals surface area contributed by atoms with Crippen molar-refractivity contribution in [2.75, 3.05) is 11.9 Å².